The molecule has 4 nitrogen and oxygen atoms in total. The summed E-state index contributed by atoms with van der Waals surface area (Å²) in [5.41, 5.74) is 5.90. The topological polar surface area (TPSA) is 47.7 Å². The summed E-state index contributed by atoms with van der Waals surface area (Å²) < 4.78 is 24.3. The molecule has 0 aliphatic rings. The fourth-order valence-corrected chi connectivity index (χ4v) is 2.21. The van der Waals surface area contributed by atoms with Gasteiger partial charge in [0.05, 0.1) is 12.8 Å². The molecule has 0 aliphatic heterocycles. The molecule has 1 rings (SSSR count). The van der Waals surface area contributed by atoms with Crippen LogP contribution in [0.15, 0.2) is 12.1 Å². The summed E-state index contributed by atoms with van der Waals surface area (Å²) in [6.45, 7) is 9.68. The van der Waals surface area contributed by atoms with Crippen molar-refractivity contribution >= 4 is 5.69 Å². The Morgan fingerprint density at radius 3 is 2.25 bits per heavy atom. The lowest BCUT2D eigenvalue weighted by Crippen LogP contribution is -2.39. The largest absolute Gasteiger partial charge is 0.494 e. The van der Waals surface area contributed by atoms with Gasteiger partial charge in [-0.1, -0.05) is 0 Å². The molecule has 0 saturated heterocycles. The van der Waals surface area contributed by atoms with Gasteiger partial charge >= 0.3 is 0 Å². The molecule has 0 spiro atoms. The van der Waals surface area contributed by atoms with Gasteiger partial charge in [0.2, 0.25) is 0 Å². The van der Waals surface area contributed by atoms with Crippen LogP contribution in [0.25, 0.3) is 0 Å². The number of nitrogens with zero attached hydrogens (tertiary/aromatic N) is 1. The second-order valence-corrected chi connectivity index (χ2v) is 5.30. The van der Waals surface area contributed by atoms with Crippen LogP contribution in [0.3, 0.4) is 0 Å². The SMILES string of the molecule is COc1cc(OCCN(C(C)C)C(C)C)c(F)cc1N. The molecular formula is C15H25FN2O2. The van der Waals surface area contributed by atoms with E-state index in [9.17, 15) is 4.39 Å². The zero-order valence-corrected chi connectivity index (χ0v) is 12.9. The molecule has 114 valence electrons. The van der Waals surface area contributed by atoms with Crippen LogP contribution in [0.1, 0.15) is 27.7 Å². The number of benzene rings is 1. The van der Waals surface area contributed by atoms with Gasteiger partial charge in [-0.05, 0) is 27.7 Å². The number of halogens is 1. The molecule has 0 atom stereocenters. The molecule has 1 aromatic carbocycles. The van der Waals surface area contributed by atoms with Gasteiger partial charge in [0.1, 0.15) is 12.4 Å². The molecule has 0 amide bonds. The van der Waals surface area contributed by atoms with Crippen molar-refractivity contribution in [3.63, 3.8) is 0 Å². The van der Waals surface area contributed by atoms with Gasteiger partial charge in [-0.2, -0.15) is 0 Å². The van der Waals surface area contributed by atoms with Gasteiger partial charge in [-0.15, -0.1) is 0 Å². The van der Waals surface area contributed by atoms with E-state index in [4.69, 9.17) is 15.2 Å². The maximum Gasteiger partial charge on any atom is 0.167 e. The molecule has 0 radical (unpaired) electrons. The summed E-state index contributed by atoms with van der Waals surface area (Å²) in [5, 5.41) is 0. The number of hydrogen-bond acceptors (Lipinski definition) is 4. The van der Waals surface area contributed by atoms with Crippen LogP contribution in [0.5, 0.6) is 11.5 Å². The quantitative estimate of drug-likeness (QED) is 0.782. The second-order valence-electron chi connectivity index (χ2n) is 5.30. The van der Waals surface area contributed by atoms with Crippen LogP contribution in [-0.2, 0) is 0 Å². The van der Waals surface area contributed by atoms with E-state index in [2.05, 4.69) is 32.6 Å². The average Bonchev–Trinajstić information content (AvgIpc) is 2.35. The van der Waals surface area contributed by atoms with Gasteiger partial charge in [-0.3, -0.25) is 4.90 Å². The van der Waals surface area contributed by atoms with E-state index in [0.717, 1.165) is 6.54 Å². The van der Waals surface area contributed by atoms with Crippen molar-refractivity contribution in [2.24, 2.45) is 0 Å². The molecule has 0 bridgehead atoms. The Labute approximate surface area is 120 Å². The van der Waals surface area contributed by atoms with Crippen LogP contribution >= 0.6 is 0 Å². The number of rotatable bonds is 7. The fraction of sp³-hybridized carbons (Fsp3) is 0.600. The Morgan fingerprint density at radius 1 is 1.15 bits per heavy atom. The first-order valence-corrected chi connectivity index (χ1v) is 6.88. The van der Waals surface area contributed by atoms with Crippen molar-refractivity contribution in [3.8, 4) is 11.5 Å². The monoisotopic (exact) mass is 284 g/mol. The molecular weight excluding hydrogens is 259 g/mol. The fourth-order valence-electron chi connectivity index (χ4n) is 2.21. The summed E-state index contributed by atoms with van der Waals surface area (Å²) in [6, 6.07) is 3.55. The summed E-state index contributed by atoms with van der Waals surface area (Å²) in [7, 11) is 1.49. The zero-order valence-electron chi connectivity index (χ0n) is 12.9. The van der Waals surface area contributed by atoms with Crippen molar-refractivity contribution in [1.29, 1.82) is 0 Å². The highest BCUT2D eigenvalue weighted by molar-refractivity contribution is 5.56. The number of nitrogens with two attached hydrogens (primary N) is 1. The minimum Gasteiger partial charge on any atom is -0.494 e. The molecule has 5 heteroatoms. The minimum atomic E-state index is -0.469. The van der Waals surface area contributed by atoms with Gasteiger partial charge in [0.25, 0.3) is 0 Å². The Hall–Kier alpha value is -1.49. The first kappa shape index (κ1) is 16.6. The van der Waals surface area contributed by atoms with Crippen molar-refractivity contribution in [1.82, 2.24) is 4.90 Å². The lowest BCUT2D eigenvalue weighted by molar-refractivity contribution is 0.140. The molecule has 0 aliphatic carbocycles. The first-order chi connectivity index (χ1) is 9.36. The smallest absolute Gasteiger partial charge is 0.167 e. The maximum atomic E-state index is 13.7. The molecule has 0 saturated carbocycles. The summed E-state index contributed by atoms with van der Waals surface area (Å²) in [6.07, 6.45) is 0. The van der Waals surface area contributed by atoms with Crippen LogP contribution in [0.2, 0.25) is 0 Å². The normalized spacial score (nSPS) is 11.4. The van der Waals surface area contributed by atoms with Crippen LogP contribution in [0.4, 0.5) is 10.1 Å². The predicted molar refractivity (Wildman–Crippen MR) is 79.8 cm³/mol. The molecule has 1 aromatic rings. The number of anilines is 1. The van der Waals surface area contributed by atoms with E-state index in [1.807, 2.05) is 0 Å². The van der Waals surface area contributed by atoms with E-state index in [-0.39, 0.29) is 11.4 Å². The first-order valence-electron chi connectivity index (χ1n) is 6.88. The Kier molecular flexibility index (Phi) is 6.07. The van der Waals surface area contributed by atoms with Crippen molar-refractivity contribution < 1.29 is 13.9 Å². The van der Waals surface area contributed by atoms with E-state index in [1.165, 1.54) is 19.2 Å². The maximum absolute atomic E-state index is 13.7. The zero-order chi connectivity index (χ0) is 15.3. The summed E-state index contributed by atoms with van der Waals surface area (Å²) in [5.74, 6) is 0.124. The number of nitrogen functional groups attached to an aromatic ring is 1. The number of hydrogen-bond donors (Lipinski definition) is 1. The average molecular weight is 284 g/mol. The van der Waals surface area contributed by atoms with Crippen LogP contribution < -0.4 is 15.2 Å². The molecule has 20 heavy (non-hydrogen) atoms. The lowest BCUT2D eigenvalue weighted by atomic mass is 10.2. The Bertz CT molecular complexity index is 428. The third-order valence-corrected chi connectivity index (χ3v) is 3.22. The highest BCUT2D eigenvalue weighted by Gasteiger charge is 2.14. The van der Waals surface area contributed by atoms with Gasteiger partial charge < -0.3 is 15.2 Å². The number of methoxy groups -OCH3 is 1. The Morgan fingerprint density at radius 2 is 1.75 bits per heavy atom. The van der Waals surface area contributed by atoms with Crippen molar-refractivity contribution in [2.45, 2.75) is 39.8 Å². The van der Waals surface area contributed by atoms with Crippen molar-refractivity contribution in [3.05, 3.63) is 17.9 Å². The van der Waals surface area contributed by atoms with Gasteiger partial charge in [0, 0.05) is 30.8 Å². The van der Waals surface area contributed by atoms with Crippen LogP contribution in [0, 0.1) is 5.82 Å². The highest BCUT2D eigenvalue weighted by atomic mass is 19.1. The minimum absolute atomic E-state index is 0.170. The molecule has 0 heterocycles. The summed E-state index contributed by atoms with van der Waals surface area (Å²) in [4.78, 5) is 2.28. The Balaban J connectivity index is 2.66. The van der Waals surface area contributed by atoms with E-state index < -0.39 is 5.82 Å². The standard InChI is InChI=1S/C15H25FN2O2/c1-10(2)18(11(3)4)6-7-20-14-9-15(19-5)13(17)8-12(14)16/h8-11H,6-7,17H2,1-5H3. The third kappa shape index (κ3) is 4.27. The predicted octanol–water partition coefficient (Wildman–Crippen LogP) is 2.91. The van der Waals surface area contributed by atoms with Gasteiger partial charge in [-0.25, -0.2) is 4.39 Å². The highest BCUT2D eigenvalue weighted by Crippen LogP contribution is 2.29. The molecule has 0 fully saturated rings. The van der Waals surface area contributed by atoms with E-state index in [0.29, 0.717) is 24.4 Å². The van der Waals surface area contributed by atoms with Gasteiger partial charge in [0.15, 0.2) is 11.6 Å². The van der Waals surface area contributed by atoms with E-state index in [1.54, 1.807) is 0 Å². The lowest BCUT2D eigenvalue weighted by Gasteiger charge is -2.30. The summed E-state index contributed by atoms with van der Waals surface area (Å²) >= 11 is 0. The van der Waals surface area contributed by atoms with E-state index >= 15 is 0 Å². The van der Waals surface area contributed by atoms with Crippen molar-refractivity contribution in [2.75, 3.05) is 26.0 Å². The third-order valence-electron chi connectivity index (χ3n) is 3.22. The second kappa shape index (κ2) is 7.33. The number of ether oxygens (including phenoxy) is 2. The molecule has 2 N–H and O–H groups in total. The molecule has 0 unspecified atom stereocenters. The van der Waals surface area contributed by atoms with Crippen LogP contribution in [-0.4, -0.2) is 37.2 Å². The molecule has 0 aromatic heterocycles.